The van der Waals surface area contributed by atoms with Crippen LogP contribution in [0.25, 0.3) is 0 Å². The Kier molecular flexibility index (Phi) is 7.76. The summed E-state index contributed by atoms with van der Waals surface area (Å²) in [7, 11) is -0.391. The summed E-state index contributed by atoms with van der Waals surface area (Å²) in [5.74, 6) is 0.311. The van der Waals surface area contributed by atoms with Crippen LogP contribution in [0.3, 0.4) is 0 Å². The van der Waals surface area contributed by atoms with E-state index >= 15 is 0 Å². The third kappa shape index (κ3) is 5.79. The molecule has 2 aromatic carbocycles. The Morgan fingerprint density at radius 1 is 1.16 bits per heavy atom. The number of nitrogens with zero attached hydrogens (tertiary/aromatic N) is 1. The molecule has 8 nitrogen and oxygen atoms in total. The van der Waals surface area contributed by atoms with Crippen LogP contribution < -0.4 is 14.8 Å². The van der Waals surface area contributed by atoms with Crippen molar-refractivity contribution in [2.45, 2.75) is 30.9 Å². The minimum absolute atomic E-state index is 0.0275. The van der Waals surface area contributed by atoms with Crippen molar-refractivity contribution in [3.8, 4) is 5.75 Å². The smallest absolute Gasteiger partial charge is 0.261 e. The largest absolute Gasteiger partial charge is 0.491 e. The molecule has 0 saturated heterocycles. The molecular weight excluding hydrogens is 430 g/mol. The van der Waals surface area contributed by atoms with Crippen LogP contribution in [-0.2, 0) is 14.8 Å². The van der Waals surface area contributed by atoms with Crippen molar-refractivity contribution in [3.05, 3.63) is 54.1 Å². The Morgan fingerprint density at radius 3 is 2.56 bits per heavy atom. The molecule has 32 heavy (non-hydrogen) atoms. The molecule has 0 aromatic heterocycles. The number of likely N-dealkylation sites (N-methyl/N-ethyl adjacent to an activating group) is 1. The van der Waals surface area contributed by atoms with Gasteiger partial charge in [0.15, 0.2) is 0 Å². The molecule has 9 heteroatoms. The van der Waals surface area contributed by atoms with Crippen molar-refractivity contribution in [2.24, 2.45) is 5.92 Å². The van der Waals surface area contributed by atoms with Gasteiger partial charge in [-0.15, -0.1) is 0 Å². The van der Waals surface area contributed by atoms with Crippen LogP contribution in [0.15, 0.2) is 53.4 Å². The highest BCUT2D eigenvalue weighted by Gasteiger charge is 2.26. The molecule has 0 bridgehead atoms. The molecular formula is C23H31N3O5S. The maximum absolute atomic E-state index is 13.2. The van der Waals surface area contributed by atoms with Crippen LogP contribution in [-0.4, -0.2) is 65.2 Å². The Hall–Kier alpha value is -2.62. The van der Waals surface area contributed by atoms with E-state index in [-0.39, 0.29) is 28.9 Å². The predicted molar refractivity (Wildman–Crippen MR) is 124 cm³/mol. The van der Waals surface area contributed by atoms with Gasteiger partial charge >= 0.3 is 0 Å². The van der Waals surface area contributed by atoms with E-state index in [9.17, 15) is 13.2 Å². The number of benzene rings is 2. The lowest BCUT2D eigenvalue weighted by Gasteiger charge is -2.30. The lowest BCUT2D eigenvalue weighted by molar-refractivity contribution is 0.0281. The van der Waals surface area contributed by atoms with Gasteiger partial charge in [-0.1, -0.05) is 25.1 Å². The average molecular weight is 462 g/mol. The van der Waals surface area contributed by atoms with Crippen molar-refractivity contribution in [1.29, 1.82) is 0 Å². The molecule has 1 aliphatic rings. The number of fused-ring (bicyclic) bond motifs is 1. The third-order valence-corrected chi connectivity index (χ3v) is 6.93. The van der Waals surface area contributed by atoms with Gasteiger partial charge < -0.3 is 19.7 Å². The van der Waals surface area contributed by atoms with Crippen LogP contribution in [0.1, 0.15) is 24.2 Å². The van der Waals surface area contributed by atoms with Crippen molar-refractivity contribution in [3.63, 3.8) is 0 Å². The monoisotopic (exact) mass is 461 g/mol. The van der Waals surface area contributed by atoms with E-state index < -0.39 is 10.0 Å². The number of sulfonamides is 1. The van der Waals surface area contributed by atoms with Crippen LogP contribution in [0.4, 0.5) is 5.69 Å². The summed E-state index contributed by atoms with van der Waals surface area (Å²) in [6.45, 7) is 5.54. The van der Waals surface area contributed by atoms with Crippen LogP contribution in [0.2, 0.25) is 0 Å². The molecule has 0 fully saturated rings. The van der Waals surface area contributed by atoms with E-state index in [0.717, 1.165) is 6.54 Å². The summed E-state index contributed by atoms with van der Waals surface area (Å²) >= 11 is 0. The topological polar surface area (TPSA) is 97.0 Å². The van der Waals surface area contributed by atoms with Gasteiger partial charge in [0.25, 0.3) is 15.9 Å². The zero-order valence-electron chi connectivity index (χ0n) is 18.9. The SMILES string of the molecule is CO[C@@H]1CN(C)C(=O)c2ccc(NS(=O)(=O)c3ccccc3)cc2OC[C@H](C)NC[C@@H]1C. The first-order valence-corrected chi connectivity index (χ1v) is 12.1. The van der Waals surface area contributed by atoms with Crippen LogP contribution in [0.5, 0.6) is 5.75 Å². The Bertz CT molecular complexity index is 1030. The number of nitrogens with one attached hydrogen (secondary N) is 2. The Morgan fingerprint density at radius 2 is 1.88 bits per heavy atom. The second-order valence-corrected chi connectivity index (χ2v) is 9.87. The first-order chi connectivity index (χ1) is 15.2. The first-order valence-electron chi connectivity index (χ1n) is 10.6. The lowest BCUT2D eigenvalue weighted by Crippen LogP contribution is -2.44. The predicted octanol–water partition coefficient (Wildman–Crippen LogP) is 2.58. The first kappa shape index (κ1) is 24.0. The summed E-state index contributed by atoms with van der Waals surface area (Å²) in [5.41, 5.74) is 0.685. The molecule has 1 heterocycles. The van der Waals surface area contributed by atoms with E-state index in [1.807, 2.05) is 6.92 Å². The molecule has 1 aliphatic heterocycles. The van der Waals surface area contributed by atoms with Gasteiger partial charge in [0.2, 0.25) is 0 Å². The normalized spacial score (nSPS) is 22.8. The zero-order valence-corrected chi connectivity index (χ0v) is 19.7. The van der Waals surface area contributed by atoms with Crippen molar-refractivity contribution in [1.82, 2.24) is 10.2 Å². The number of anilines is 1. The minimum Gasteiger partial charge on any atom is -0.491 e. The number of hydrogen-bond donors (Lipinski definition) is 2. The lowest BCUT2D eigenvalue weighted by atomic mass is 10.0. The van der Waals surface area contributed by atoms with Crippen LogP contribution in [0, 0.1) is 5.92 Å². The molecule has 0 spiro atoms. The number of amides is 1. The molecule has 0 radical (unpaired) electrons. The number of rotatable bonds is 4. The maximum atomic E-state index is 13.2. The fourth-order valence-electron chi connectivity index (χ4n) is 3.53. The molecule has 0 saturated carbocycles. The highest BCUT2D eigenvalue weighted by molar-refractivity contribution is 7.92. The fourth-order valence-corrected chi connectivity index (χ4v) is 4.60. The summed E-state index contributed by atoms with van der Waals surface area (Å²) in [6.07, 6.45) is -0.121. The summed E-state index contributed by atoms with van der Waals surface area (Å²) in [4.78, 5) is 14.9. The van der Waals surface area contributed by atoms with Gasteiger partial charge in [-0.25, -0.2) is 8.42 Å². The van der Waals surface area contributed by atoms with Crippen molar-refractivity contribution < 1.29 is 22.7 Å². The number of carbonyl (C=O) groups excluding carboxylic acids is 1. The number of ether oxygens (including phenoxy) is 2. The van der Waals surface area contributed by atoms with Crippen molar-refractivity contribution in [2.75, 3.05) is 38.6 Å². The average Bonchev–Trinajstić information content (AvgIpc) is 2.78. The second kappa shape index (κ2) is 10.3. The van der Waals surface area contributed by atoms with E-state index in [4.69, 9.17) is 9.47 Å². The third-order valence-electron chi connectivity index (χ3n) is 5.53. The highest BCUT2D eigenvalue weighted by atomic mass is 32.2. The Balaban J connectivity index is 1.91. The number of carbonyl (C=O) groups is 1. The summed E-state index contributed by atoms with van der Waals surface area (Å²) in [6, 6.07) is 12.8. The molecule has 2 aromatic rings. The van der Waals surface area contributed by atoms with E-state index in [2.05, 4.69) is 17.0 Å². The number of hydrogen-bond acceptors (Lipinski definition) is 6. The van der Waals surface area contributed by atoms with Gasteiger partial charge in [0, 0.05) is 39.4 Å². The standard InChI is InChI=1S/C23H31N3O5S/c1-16-13-24-17(2)15-31-21-12-18(25-32(28,29)19-8-6-5-7-9-19)10-11-20(21)23(27)26(3)14-22(16)30-4/h5-12,16-17,22,24-25H,13-15H2,1-4H3/t16-,17-,22+/m0/s1. The van der Waals surface area contributed by atoms with Gasteiger partial charge in [-0.2, -0.15) is 0 Å². The summed E-state index contributed by atoms with van der Waals surface area (Å²) in [5, 5.41) is 3.43. The highest BCUT2D eigenvalue weighted by Crippen LogP contribution is 2.27. The molecule has 2 N–H and O–H groups in total. The van der Waals surface area contributed by atoms with E-state index in [1.165, 1.54) is 12.1 Å². The molecule has 1 amide bonds. The van der Waals surface area contributed by atoms with Gasteiger partial charge in [0.1, 0.15) is 12.4 Å². The molecule has 0 unspecified atom stereocenters. The van der Waals surface area contributed by atoms with Gasteiger partial charge in [0.05, 0.1) is 22.3 Å². The number of methoxy groups -OCH3 is 1. The van der Waals surface area contributed by atoms with Gasteiger partial charge in [-0.05, 0) is 37.1 Å². The molecule has 3 rings (SSSR count). The minimum atomic E-state index is -3.76. The Labute approximate surface area is 190 Å². The van der Waals surface area contributed by atoms with Crippen molar-refractivity contribution >= 4 is 21.6 Å². The second-order valence-electron chi connectivity index (χ2n) is 8.19. The van der Waals surface area contributed by atoms with Gasteiger partial charge in [-0.3, -0.25) is 9.52 Å². The van der Waals surface area contributed by atoms with Crippen LogP contribution >= 0.6 is 0 Å². The maximum Gasteiger partial charge on any atom is 0.261 e. The van der Waals surface area contributed by atoms with E-state index in [1.54, 1.807) is 55.5 Å². The molecule has 3 atom stereocenters. The summed E-state index contributed by atoms with van der Waals surface area (Å²) < 4.78 is 39.5. The quantitative estimate of drug-likeness (QED) is 0.727. The fraction of sp³-hybridized carbons (Fsp3) is 0.435. The molecule has 0 aliphatic carbocycles. The zero-order chi connectivity index (χ0) is 23.3. The van der Waals surface area contributed by atoms with E-state index in [0.29, 0.717) is 30.2 Å². The molecule has 174 valence electrons.